The molecule has 1 aliphatic rings. The van der Waals surface area contributed by atoms with Crippen LogP contribution < -0.4 is 5.56 Å². The topological polar surface area (TPSA) is 89.3 Å². The molecule has 1 saturated heterocycles. The van der Waals surface area contributed by atoms with Crippen molar-refractivity contribution in [3.8, 4) is 0 Å². The molecule has 0 atom stereocenters. The van der Waals surface area contributed by atoms with E-state index in [1.165, 1.54) is 9.58 Å². The minimum atomic E-state index is -3.10. The fourth-order valence-electron chi connectivity index (χ4n) is 3.32. The second kappa shape index (κ2) is 7.20. The summed E-state index contributed by atoms with van der Waals surface area (Å²) in [7, 11) is -3.10. The van der Waals surface area contributed by atoms with E-state index in [1.807, 2.05) is 30.3 Å². The molecule has 1 aromatic heterocycles. The van der Waals surface area contributed by atoms with Gasteiger partial charge >= 0.3 is 0 Å². The fourth-order valence-corrected chi connectivity index (χ4v) is 4.52. The van der Waals surface area contributed by atoms with Gasteiger partial charge in [-0.25, -0.2) is 13.1 Å². The third-order valence-corrected chi connectivity index (χ3v) is 6.49. The first kappa shape index (κ1) is 18.4. The highest BCUT2D eigenvalue weighted by Crippen LogP contribution is 2.17. The van der Waals surface area contributed by atoms with Crippen molar-refractivity contribution in [1.82, 2.24) is 14.7 Å². The van der Waals surface area contributed by atoms with Crippen LogP contribution in [0.3, 0.4) is 0 Å². The molecule has 2 aromatic carbocycles. The summed E-state index contributed by atoms with van der Waals surface area (Å²) in [5.74, 6) is -0.464. The number of carbonyl (C=O) groups excluding carboxylic acids is 1. The van der Waals surface area contributed by atoms with Crippen LogP contribution in [0.1, 0.15) is 16.1 Å². The van der Waals surface area contributed by atoms with Crippen molar-refractivity contribution in [2.45, 2.75) is 6.54 Å². The van der Waals surface area contributed by atoms with Crippen LogP contribution in [0.5, 0.6) is 0 Å². The van der Waals surface area contributed by atoms with Crippen molar-refractivity contribution < 1.29 is 13.2 Å². The summed E-state index contributed by atoms with van der Waals surface area (Å²) in [5, 5.41) is 5.27. The Morgan fingerprint density at radius 1 is 0.929 bits per heavy atom. The Kier molecular flexibility index (Phi) is 4.72. The van der Waals surface area contributed by atoms with E-state index >= 15 is 0 Å². The van der Waals surface area contributed by atoms with E-state index in [2.05, 4.69) is 5.10 Å². The van der Waals surface area contributed by atoms with Crippen LogP contribution in [-0.2, 0) is 16.4 Å². The maximum atomic E-state index is 13.1. The Balaban J connectivity index is 1.78. The van der Waals surface area contributed by atoms with Gasteiger partial charge in [-0.1, -0.05) is 48.5 Å². The quantitative estimate of drug-likeness (QED) is 0.665. The fraction of sp³-hybridized carbons (Fsp3) is 0.250. The largest absolute Gasteiger partial charge is 0.335 e. The summed E-state index contributed by atoms with van der Waals surface area (Å²) in [4.78, 5) is 27.5. The van der Waals surface area contributed by atoms with E-state index in [4.69, 9.17) is 0 Å². The third kappa shape index (κ3) is 3.55. The van der Waals surface area contributed by atoms with Crippen LogP contribution >= 0.6 is 0 Å². The number of hydrogen-bond donors (Lipinski definition) is 0. The van der Waals surface area contributed by atoms with Gasteiger partial charge in [0.15, 0.2) is 15.5 Å². The predicted molar refractivity (Wildman–Crippen MR) is 106 cm³/mol. The lowest BCUT2D eigenvalue weighted by Crippen LogP contribution is -2.44. The zero-order valence-electron chi connectivity index (χ0n) is 15.1. The minimum absolute atomic E-state index is 0.0552. The number of rotatable bonds is 3. The van der Waals surface area contributed by atoms with Gasteiger partial charge in [-0.3, -0.25) is 9.59 Å². The first-order valence-electron chi connectivity index (χ1n) is 8.98. The molecule has 4 rings (SSSR count). The third-order valence-electron chi connectivity index (χ3n) is 4.88. The number of hydrogen-bond acceptors (Lipinski definition) is 5. The van der Waals surface area contributed by atoms with E-state index in [0.717, 1.165) is 5.56 Å². The molecule has 1 fully saturated rings. The summed E-state index contributed by atoms with van der Waals surface area (Å²) in [6, 6.07) is 16.3. The van der Waals surface area contributed by atoms with Gasteiger partial charge in [0.25, 0.3) is 11.5 Å². The minimum Gasteiger partial charge on any atom is -0.335 e. The average Bonchev–Trinajstić information content (AvgIpc) is 2.70. The van der Waals surface area contributed by atoms with Crippen LogP contribution in [0.15, 0.2) is 59.4 Å². The van der Waals surface area contributed by atoms with Crippen molar-refractivity contribution in [2.24, 2.45) is 0 Å². The molecule has 0 saturated carbocycles. The Morgan fingerprint density at radius 2 is 1.54 bits per heavy atom. The van der Waals surface area contributed by atoms with Gasteiger partial charge < -0.3 is 4.90 Å². The van der Waals surface area contributed by atoms with Crippen molar-refractivity contribution in [1.29, 1.82) is 0 Å². The normalized spacial score (nSPS) is 16.2. The predicted octanol–water partition coefficient (Wildman–Crippen LogP) is 1.32. The van der Waals surface area contributed by atoms with Gasteiger partial charge in [0.05, 0.1) is 23.4 Å². The van der Waals surface area contributed by atoms with E-state index < -0.39 is 9.84 Å². The first-order chi connectivity index (χ1) is 13.4. The van der Waals surface area contributed by atoms with Gasteiger partial charge in [0.1, 0.15) is 0 Å². The molecule has 7 nitrogen and oxygen atoms in total. The number of benzene rings is 2. The number of carbonyl (C=O) groups is 1. The number of sulfone groups is 1. The second-order valence-corrected chi connectivity index (χ2v) is 9.09. The maximum Gasteiger partial charge on any atom is 0.275 e. The SMILES string of the molecule is O=C(c1nn(Cc2ccccc2)c(=O)c2ccccc12)N1CCS(=O)(=O)CC1. The summed E-state index contributed by atoms with van der Waals surface area (Å²) in [6.45, 7) is 0.517. The molecule has 0 spiro atoms. The number of fused-ring (bicyclic) bond motifs is 1. The molecule has 3 aromatic rings. The lowest BCUT2D eigenvalue weighted by Gasteiger charge is -2.26. The summed E-state index contributed by atoms with van der Waals surface area (Å²) >= 11 is 0. The molecule has 8 heteroatoms. The van der Waals surface area contributed by atoms with Crippen LogP contribution in [0.4, 0.5) is 0 Å². The van der Waals surface area contributed by atoms with E-state index in [0.29, 0.717) is 10.8 Å². The highest BCUT2D eigenvalue weighted by Gasteiger charge is 2.28. The zero-order chi connectivity index (χ0) is 19.7. The van der Waals surface area contributed by atoms with Crippen LogP contribution in [0.2, 0.25) is 0 Å². The molecule has 2 heterocycles. The summed E-state index contributed by atoms with van der Waals surface area (Å²) in [5.41, 5.74) is 0.803. The molecule has 0 N–H and O–H groups in total. The smallest absolute Gasteiger partial charge is 0.275 e. The first-order valence-corrected chi connectivity index (χ1v) is 10.8. The molecule has 0 bridgehead atoms. The molecule has 28 heavy (non-hydrogen) atoms. The average molecular weight is 397 g/mol. The molecule has 0 aliphatic carbocycles. The molecule has 144 valence electrons. The Hall–Kier alpha value is -3.00. The van der Waals surface area contributed by atoms with Crippen LogP contribution in [0, 0.1) is 0 Å². The highest BCUT2D eigenvalue weighted by atomic mass is 32.2. The monoisotopic (exact) mass is 397 g/mol. The molecular formula is C20H19N3O4S. The summed E-state index contributed by atoms with van der Waals surface area (Å²) < 4.78 is 24.6. The zero-order valence-corrected chi connectivity index (χ0v) is 15.9. The van der Waals surface area contributed by atoms with E-state index in [1.54, 1.807) is 24.3 Å². The number of nitrogens with zero attached hydrogens (tertiary/aromatic N) is 3. The van der Waals surface area contributed by atoms with Crippen molar-refractivity contribution in [2.75, 3.05) is 24.6 Å². The second-order valence-electron chi connectivity index (χ2n) is 6.79. The van der Waals surface area contributed by atoms with E-state index in [-0.39, 0.29) is 48.3 Å². The number of aromatic nitrogens is 2. The molecule has 0 unspecified atom stereocenters. The molecule has 1 aliphatic heterocycles. The maximum absolute atomic E-state index is 13.1. The van der Waals surface area contributed by atoms with Crippen molar-refractivity contribution >= 4 is 26.5 Å². The lowest BCUT2D eigenvalue weighted by atomic mass is 10.1. The Labute approximate surface area is 162 Å². The van der Waals surface area contributed by atoms with Gasteiger partial charge in [-0.05, 0) is 11.6 Å². The summed E-state index contributed by atoms with van der Waals surface area (Å²) in [6.07, 6.45) is 0. The van der Waals surface area contributed by atoms with Gasteiger partial charge in [0, 0.05) is 18.5 Å². The van der Waals surface area contributed by atoms with Crippen molar-refractivity contribution in [3.63, 3.8) is 0 Å². The van der Waals surface area contributed by atoms with Gasteiger partial charge in [0.2, 0.25) is 0 Å². The molecule has 1 amide bonds. The lowest BCUT2D eigenvalue weighted by molar-refractivity contribution is 0.0764. The van der Waals surface area contributed by atoms with Gasteiger partial charge in [-0.15, -0.1) is 0 Å². The van der Waals surface area contributed by atoms with Crippen LogP contribution in [-0.4, -0.2) is 53.6 Å². The van der Waals surface area contributed by atoms with Crippen molar-refractivity contribution in [3.05, 3.63) is 76.2 Å². The standard InChI is InChI=1S/C20H19N3O4S/c24-19-17-9-5-4-8-16(17)18(20(25)22-10-12-28(26,27)13-11-22)21-23(19)14-15-6-2-1-3-7-15/h1-9H,10-14H2. The van der Waals surface area contributed by atoms with Gasteiger partial charge in [-0.2, -0.15) is 5.10 Å². The Bertz CT molecular complexity index is 1190. The van der Waals surface area contributed by atoms with E-state index in [9.17, 15) is 18.0 Å². The molecule has 0 radical (unpaired) electrons. The number of amides is 1. The van der Waals surface area contributed by atoms with Crippen LogP contribution in [0.25, 0.3) is 10.8 Å². The molecular weight excluding hydrogens is 378 g/mol. The highest BCUT2D eigenvalue weighted by molar-refractivity contribution is 7.91. The Morgan fingerprint density at radius 3 is 2.21 bits per heavy atom.